The molecule has 0 unspecified atom stereocenters. The van der Waals surface area contributed by atoms with Gasteiger partial charge in [0.25, 0.3) is 0 Å². The molecule has 0 saturated carbocycles. The largest absolute Gasteiger partial charge is 0.510 e. The summed E-state index contributed by atoms with van der Waals surface area (Å²) in [5.74, 6) is 0.950. The van der Waals surface area contributed by atoms with E-state index in [1.54, 1.807) is 33.1 Å². The zero-order chi connectivity index (χ0) is 11.9. The Hall–Kier alpha value is -0.333. The molecule has 1 rings (SSSR count). The molecule has 1 aromatic carbocycles. The van der Waals surface area contributed by atoms with E-state index in [2.05, 4.69) is 12.1 Å². The van der Waals surface area contributed by atoms with Crippen LogP contribution < -0.4 is 0 Å². The van der Waals surface area contributed by atoms with E-state index in [0.29, 0.717) is 0 Å². The SMILES string of the molecule is CO[Si](CSCc1ccccc1)(OC)OC. The molecule has 90 valence electrons. The van der Waals surface area contributed by atoms with Crippen molar-refractivity contribution in [3.05, 3.63) is 35.9 Å². The molecule has 0 radical (unpaired) electrons. The van der Waals surface area contributed by atoms with E-state index in [9.17, 15) is 0 Å². The van der Waals surface area contributed by atoms with Gasteiger partial charge in [-0.05, 0) is 5.56 Å². The maximum absolute atomic E-state index is 5.35. The molecule has 0 aliphatic rings. The Balaban J connectivity index is 2.39. The first-order valence-electron chi connectivity index (χ1n) is 5.03. The van der Waals surface area contributed by atoms with Gasteiger partial charge in [0.05, 0.1) is 5.38 Å². The lowest BCUT2D eigenvalue weighted by atomic mass is 10.2. The van der Waals surface area contributed by atoms with Gasteiger partial charge in [-0.15, -0.1) is 0 Å². The van der Waals surface area contributed by atoms with Gasteiger partial charge in [0.2, 0.25) is 0 Å². The highest BCUT2D eigenvalue weighted by Crippen LogP contribution is 2.18. The molecule has 0 bridgehead atoms. The molecule has 0 heterocycles. The van der Waals surface area contributed by atoms with Crippen molar-refractivity contribution in [2.24, 2.45) is 0 Å². The fourth-order valence-corrected chi connectivity index (χ4v) is 5.05. The molecule has 0 atom stereocenters. The van der Waals surface area contributed by atoms with Crippen LogP contribution in [0.15, 0.2) is 30.3 Å². The van der Waals surface area contributed by atoms with Crippen LogP contribution in [-0.2, 0) is 19.0 Å². The first-order chi connectivity index (χ1) is 7.76. The second-order valence-corrected chi connectivity index (χ2v) is 7.72. The summed E-state index contributed by atoms with van der Waals surface area (Å²) in [6.45, 7) is 0. The summed E-state index contributed by atoms with van der Waals surface area (Å²) < 4.78 is 16.0. The molecule has 3 nitrogen and oxygen atoms in total. The first kappa shape index (κ1) is 13.7. The van der Waals surface area contributed by atoms with Gasteiger partial charge in [0.1, 0.15) is 0 Å². The van der Waals surface area contributed by atoms with Crippen molar-refractivity contribution >= 4 is 20.6 Å². The molecule has 1 aromatic rings. The van der Waals surface area contributed by atoms with E-state index in [1.165, 1.54) is 5.56 Å². The van der Waals surface area contributed by atoms with Crippen molar-refractivity contribution in [2.45, 2.75) is 5.75 Å². The molecule has 0 N–H and O–H groups in total. The topological polar surface area (TPSA) is 27.7 Å². The second kappa shape index (κ2) is 7.08. The van der Waals surface area contributed by atoms with Crippen LogP contribution in [0.3, 0.4) is 0 Å². The molecule has 0 saturated heterocycles. The van der Waals surface area contributed by atoms with Gasteiger partial charge in [0.15, 0.2) is 0 Å². The minimum Gasteiger partial charge on any atom is -0.376 e. The van der Waals surface area contributed by atoms with E-state index in [4.69, 9.17) is 13.3 Å². The molecule has 0 fully saturated rings. The van der Waals surface area contributed by atoms with E-state index in [1.807, 2.05) is 18.2 Å². The van der Waals surface area contributed by atoms with Gasteiger partial charge in [-0.3, -0.25) is 0 Å². The third kappa shape index (κ3) is 3.91. The van der Waals surface area contributed by atoms with Crippen molar-refractivity contribution in [3.63, 3.8) is 0 Å². The van der Waals surface area contributed by atoms with Crippen LogP contribution in [0.2, 0.25) is 0 Å². The number of benzene rings is 1. The molecule has 0 amide bonds. The highest BCUT2D eigenvalue weighted by molar-refractivity contribution is 8.00. The summed E-state index contributed by atoms with van der Waals surface area (Å²) in [6, 6.07) is 10.3. The van der Waals surface area contributed by atoms with Crippen molar-refractivity contribution in [1.29, 1.82) is 0 Å². The zero-order valence-corrected chi connectivity index (χ0v) is 11.8. The van der Waals surface area contributed by atoms with Gasteiger partial charge >= 0.3 is 8.80 Å². The molecular weight excluding hydrogens is 240 g/mol. The Bertz CT molecular complexity index is 282. The minimum atomic E-state index is -2.41. The minimum absolute atomic E-state index is 0.769. The Morgan fingerprint density at radius 3 is 2.06 bits per heavy atom. The lowest BCUT2D eigenvalue weighted by Gasteiger charge is -2.23. The average Bonchev–Trinajstić information content (AvgIpc) is 2.37. The standard InChI is InChI=1S/C11H18O3SSi/c1-12-16(13-2,14-3)10-15-9-11-7-5-4-6-8-11/h4-8H,9-10H2,1-3H3. The van der Waals surface area contributed by atoms with Gasteiger partial charge in [-0.2, -0.15) is 11.8 Å². The van der Waals surface area contributed by atoms with Crippen molar-refractivity contribution in [3.8, 4) is 0 Å². The third-order valence-corrected chi connectivity index (χ3v) is 6.96. The zero-order valence-electron chi connectivity index (χ0n) is 9.93. The van der Waals surface area contributed by atoms with E-state index < -0.39 is 8.80 Å². The smallest absolute Gasteiger partial charge is 0.376 e. The average molecular weight is 258 g/mol. The lowest BCUT2D eigenvalue weighted by molar-refractivity contribution is 0.130. The van der Waals surface area contributed by atoms with Crippen molar-refractivity contribution in [2.75, 3.05) is 26.7 Å². The predicted molar refractivity (Wildman–Crippen MR) is 69.4 cm³/mol. The second-order valence-electron chi connectivity index (χ2n) is 3.27. The normalized spacial score (nSPS) is 11.7. The Labute approximate surface area is 102 Å². The van der Waals surface area contributed by atoms with E-state index in [0.717, 1.165) is 11.1 Å². The van der Waals surface area contributed by atoms with Crippen LogP contribution in [0, 0.1) is 0 Å². The molecule has 0 aromatic heterocycles. The maximum Gasteiger partial charge on any atom is 0.510 e. The quantitative estimate of drug-likeness (QED) is 0.702. The van der Waals surface area contributed by atoms with Crippen LogP contribution in [-0.4, -0.2) is 35.5 Å². The van der Waals surface area contributed by atoms with Crippen LogP contribution in [0.1, 0.15) is 5.56 Å². The molecule has 0 spiro atoms. The highest BCUT2D eigenvalue weighted by Gasteiger charge is 2.37. The van der Waals surface area contributed by atoms with Crippen molar-refractivity contribution in [1.82, 2.24) is 0 Å². The van der Waals surface area contributed by atoms with Gasteiger partial charge < -0.3 is 13.3 Å². The molecule has 5 heteroatoms. The summed E-state index contributed by atoms with van der Waals surface area (Å²) >= 11 is 1.77. The highest BCUT2D eigenvalue weighted by atomic mass is 32.2. The van der Waals surface area contributed by atoms with Crippen LogP contribution >= 0.6 is 11.8 Å². The number of thioether (sulfide) groups is 1. The predicted octanol–water partition coefficient (Wildman–Crippen LogP) is 2.34. The summed E-state index contributed by atoms with van der Waals surface area (Å²) in [4.78, 5) is 0. The van der Waals surface area contributed by atoms with Gasteiger partial charge in [-0.25, -0.2) is 0 Å². The lowest BCUT2D eigenvalue weighted by Crippen LogP contribution is -2.46. The summed E-state index contributed by atoms with van der Waals surface area (Å²) in [6.07, 6.45) is 0. The van der Waals surface area contributed by atoms with E-state index >= 15 is 0 Å². The number of rotatable bonds is 7. The fraction of sp³-hybridized carbons (Fsp3) is 0.455. The van der Waals surface area contributed by atoms with Gasteiger partial charge in [0, 0.05) is 27.1 Å². The van der Waals surface area contributed by atoms with Crippen molar-refractivity contribution < 1.29 is 13.3 Å². The maximum atomic E-state index is 5.35. The Kier molecular flexibility index (Phi) is 6.08. The summed E-state index contributed by atoms with van der Waals surface area (Å²) in [5, 5.41) is 0.769. The van der Waals surface area contributed by atoms with E-state index in [-0.39, 0.29) is 0 Å². The third-order valence-electron chi connectivity index (χ3n) is 2.32. The Morgan fingerprint density at radius 1 is 1.00 bits per heavy atom. The van der Waals surface area contributed by atoms with Crippen LogP contribution in [0.5, 0.6) is 0 Å². The summed E-state index contributed by atoms with van der Waals surface area (Å²) in [7, 11) is 2.52. The van der Waals surface area contributed by atoms with Crippen LogP contribution in [0.4, 0.5) is 0 Å². The summed E-state index contributed by atoms with van der Waals surface area (Å²) in [5.41, 5.74) is 1.30. The fourth-order valence-electron chi connectivity index (χ4n) is 1.29. The number of hydrogen-bond donors (Lipinski definition) is 0. The van der Waals surface area contributed by atoms with Crippen LogP contribution in [0.25, 0.3) is 0 Å². The molecule has 0 aliphatic carbocycles. The molecule has 16 heavy (non-hydrogen) atoms. The Morgan fingerprint density at radius 2 is 1.56 bits per heavy atom. The monoisotopic (exact) mass is 258 g/mol. The van der Waals surface area contributed by atoms with Gasteiger partial charge in [-0.1, -0.05) is 30.3 Å². The molecular formula is C11H18O3SSi. The first-order valence-corrected chi connectivity index (χ1v) is 8.12. The molecule has 0 aliphatic heterocycles. The number of hydrogen-bond acceptors (Lipinski definition) is 4.